The normalized spacial score (nSPS) is 19.9. The summed E-state index contributed by atoms with van der Waals surface area (Å²) in [6.07, 6.45) is 3.83. The molecule has 4 rings (SSSR count). The van der Waals surface area contributed by atoms with Crippen LogP contribution in [0.1, 0.15) is 37.8 Å². The lowest BCUT2D eigenvalue weighted by atomic mass is 9.85. The number of ketones is 1. The maximum absolute atomic E-state index is 12.6. The summed E-state index contributed by atoms with van der Waals surface area (Å²) < 4.78 is 7.56. The molecule has 0 fully saturated rings. The number of anilines is 1. The molecule has 1 unspecified atom stereocenters. The van der Waals surface area contributed by atoms with E-state index in [0.717, 1.165) is 35.4 Å². The van der Waals surface area contributed by atoms with Crippen molar-refractivity contribution in [3.05, 3.63) is 47.4 Å². The first-order valence-electron chi connectivity index (χ1n) is 7.94. The molecule has 0 saturated carbocycles. The fraction of sp³-hybridized carbons (Fsp3) is 0.353. The third kappa shape index (κ3) is 2.21. The average molecular weight is 310 g/mol. The molecule has 2 aliphatic rings. The van der Waals surface area contributed by atoms with E-state index in [9.17, 15) is 4.79 Å². The highest BCUT2D eigenvalue weighted by molar-refractivity contribution is 5.99. The number of carbonyl (C=O) groups is 1. The third-order valence-corrected chi connectivity index (χ3v) is 4.32. The first-order chi connectivity index (χ1) is 11.3. The van der Waals surface area contributed by atoms with Crippen molar-refractivity contribution in [2.75, 3.05) is 11.9 Å². The van der Waals surface area contributed by atoms with Gasteiger partial charge < -0.3 is 10.1 Å². The fourth-order valence-corrected chi connectivity index (χ4v) is 3.38. The van der Waals surface area contributed by atoms with Gasteiger partial charge in [-0.25, -0.2) is 4.68 Å². The summed E-state index contributed by atoms with van der Waals surface area (Å²) in [7, 11) is 0. The third-order valence-electron chi connectivity index (χ3n) is 4.32. The zero-order chi connectivity index (χ0) is 15.8. The second kappa shape index (κ2) is 5.53. The first-order valence-corrected chi connectivity index (χ1v) is 7.94. The Bertz CT molecular complexity index is 793. The highest BCUT2D eigenvalue weighted by Crippen LogP contribution is 2.42. The minimum Gasteiger partial charge on any atom is -0.494 e. The largest absolute Gasteiger partial charge is 0.494 e. The van der Waals surface area contributed by atoms with Crippen molar-refractivity contribution in [2.24, 2.45) is 0 Å². The number of Topliss-reactive ketones (excluding diaryl/α,β-unsaturated/α-hetero) is 1. The summed E-state index contributed by atoms with van der Waals surface area (Å²) >= 11 is 0. The van der Waals surface area contributed by atoms with Gasteiger partial charge in [0.1, 0.15) is 18.1 Å². The highest BCUT2D eigenvalue weighted by atomic mass is 16.5. The molecule has 0 saturated heterocycles. The predicted molar refractivity (Wildman–Crippen MR) is 85.3 cm³/mol. The van der Waals surface area contributed by atoms with Crippen LogP contribution in [0, 0.1) is 0 Å². The van der Waals surface area contributed by atoms with Crippen molar-refractivity contribution in [3.8, 4) is 5.75 Å². The number of benzene rings is 1. The number of rotatable bonds is 3. The Morgan fingerprint density at radius 1 is 1.35 bits per heavy atom. The van der Waals surface area contributed by atoms with Crippen molar-refractivity contribution in [3.63, 3.8) is 0 Å². The second-order valence-corrected chi connectivity index (χ2v) is 5.70. The van der Waals surface area contributed by atoms with Gasteiger partial charge in [-0.1, -0.05) is 18.2 Å². The molecule has 0 bridgehead atoms. The van der Waals surface area contributed by atoms with Crippen molar-refractivity contribution in [1.29, 1.82) is 0 Å². The van der Waals surface area contributed by atoms with Crippen molar-refractivity contribution in [2.45, 2.75) is 32.2 Å². The summed E-state index contributed by atoms with van der Waals surface area (Å²) in [6.45, 7) is 2.53. The molecule has 2 heterocycles. The number of hydrogen-bond donors (Lipinski definition) is 1. The van der Waals surface area contributed by atoms with Crippen LogP contribution in [-0.4, -0.2) is 27.2 Å². The van der Waals surface area contributed by atoms with E-state index in [1.54, 1.807) is 4.68 Å². The number of ether oxygens (including phenoxy) is 1. The lowest BCUT2D eigenvalue weighted by Gasteiger charge is -2.32. The molecule has 2 aromatic rings. The number of fused-ring (bicyclic) bond motifs is 1. The van der Waals surface area contributed by atoms with Crippen LogP contribution in [0.2, 0.25) is 0 Å². The van der Waals surface area contributed by atoms with Crippen LogP contribution in [-0.2, 0) is 4.79 Å². The van der Waals surface area contributed by atoms with E-state index >= 15 is 0 Å². The number of nitrogens with one attached hydrogen (secondary N) is 1. The first kappa shape index (κ1) is 14.0. The topological polar surface area (TPSA) is 69.0 Å². The number of carbonyl (C=O) groups excluding carboxylic acids is 1. The van der Waals surface area contributed by atoms with Gasteiger partial charge in [0.15, 0.2) is 5.78 Å². The molecule has 118 valence electrons. The Hall–Kier alpha value is -2.63. The van der Waals surface area contributed by atoms with E-state index in [-0.39, 0.29) is 11.8 Å². The molecule has 6 heteroatoms. The quantitative estimate of drug-likeness (QED) is 0.944. The van der Waals surface area contributed by atoms with E-state index in [4.69, 9.17) is 4.74 Å². The Morgan fingerprint density at radius 3 is 3.09 bits per heavy atom. The molecule has 1 aromatic carbocycles. The predicted octanol–water partition coefficient (Wildman–Crippen LogP) is 2.70. The van der Waals surface area contributed by atoms with E-state index in [1.807, 2.05) is 31.2 Å². The highest BCUT2D eigenvalue weighted by Gasteiger charge is 2.37. The number of para-hydroxylation sites is 1. The minimum absolute atomic E-state index is 0.177. The summed E-state index contributed by atoms with van der Waals surface area (Å²) in [6, 6.07) is 7.56. The van der Waals surface area contributed by atoms with Crippen molar-refractivity contribution in [1.82, 2.24) is 14.8 Å². The van der Waals surface area contributed by atoms with Crippen LogP contribution in [0.25, 0.3) is 0 Å². The summed E-state index contributed by atoms with van der Waals surface area (Å²) in [5.41, 5.74) is 2.71. The van der Waals surface area contributed by atoms with E-state index < -0.39 is 0 Å². The lowest BCUT2D eigenvalue weighted by molar-refractivity contribution is -0.116. The van der Waals surface area contributed by atoms with Gasteiger partial charge in [-0.05, 0) is 25.8 Å². The molecule has 1 aromatic heterocycles. The fourth-order valence-electron chi connectivity index (χ4n) is 3.38. The Labute approximate surface area is 134 Å². The van der Waals surface area contributed by atoms with Crippen LogP contribution in [0.4, 0.5) is 5.95 Å². The van der Waals surface area contributed by atoms with Crippen LogP contribution >= 0.6 is 0 Å². The second-order valence-electron chi connectivity index (χ2n) is 5.70. The van der Waals surface area contributed by atoms with Crippen LogP contribution < -0.4 is 10.1 Å². The monoisotopic (exact) mass is 310 g/mol. The van der Waals surface area contributed by atoms with Crippen molar-refractivity contribution >= 4 is 11.7 Å². The van der Waals surface area contributed by atoms with E-state index in [1.165, 1.54) is 6.33 Å². The Kier molecular flexibility index (Phi) is 3.37. The molecule has 1 atom stereocenters. The van der Waals surface area contributed by atoms with Crippen LogP contribution in [0.15, 0.2) is 41.9 Å². The zero-order valence-electron chi connectivity index (χ0n) is 13.0. The standard InChI is InChI=1S/C17H18N4O2/c1-2-23-14-9-4-3-6-11(14)16-15-12(7-5-8-13(15)22)20-17-18-10-19-21(16)17/h3-4,6,9-10,16H,2,5,7-8H2,1H3,(H,18,19,20). The van der Waals surface area contributed by atoms with Gasteiger partial charge >= 0.3 is 0 Å². The molecule has 6 nitrogen and oxygen atoms in total. The Balaban J connectivity index is 1.91. The van der Waals surface area contributed by atoms with Crippen LogP contribution in [0.5, 0.6) is 5.75 Å². The molecule has 1 aliphatic heterocycles. The van der Waals surface area contributed by atoms with E-state index in [2.05, 4.69) is 15.4 Å². The van der Waals surface area contributed by atoms with Crippen LogP contribution in [0.3, 0.4) is 0 Å². The average Bonchev–Trinajstić information content (AvgIpc) is 3.02. The van der Waals surface area contributed by atoms with E-state index in [0.29, 0.717) is 19.0 Å². The Morgan fingerprint density at radius 2 is 2.22 bits per heavy atom. The smallest absolute Gasteiger partial charge is 0.226 e. The molecular formula is C17H18N4O2. The number of allylic oxidation sites excluding steroid dienone is 2. The molecule has 23 heavy (non-hydrogen) atoms. The molecule has 0 spiro atoms. The maximum Gasteiger partial charge on any atom is 0.226 e. The van der Waals surface area contributed by atoms with Crippen molar-refractivity contribution < 1.29 is 9.53 Å². The van der Waals surface area contributed by atoms with Gasteiger partial charge in [0.25, 0.3) is 0 Å². The number of aromatic nitrogens is 3. The van der Waals surface area contributed by atoms with Gasteiger partial charge in [0.2, 0.25) is 5.95 Å². The molecule has 0 radical (unpaired) electrons. The molecule has 0 amide bonds. The molecular weight excluding hydrogens is 292 g/mol. The van der Waals surface area contributed by atoms with Gasteiger partial charge in [-0.15, -0.1) is 0 Å². The van der Waals surface area contributed by atoms with Gasteiger partial charge in [-0.3, -0.25) is 4.79 Å². The number of hydrogen-bond acceptors (Lipinski definition) is 5. The van der Waals surface area contributed by atoms with Gasteiger partial charge in [0, 0.05) is 23.3 Å². The van der Waals surface area contributed by atoms with Gasteiger partial charge in [0.05, 0.1) is 6.61 Å². The zero-order valence-corrected chi connectivity index (χ0v) is 13.0. The summed E-state index contributed by atoms with van der Waals surface area (Å²) in [5, 5.41) is 7.61. The lowest BCUT2D eigenvalue weighted by Crippen LogP contribution is -2.31. The SMILES string of the molecule is CCOc1ccccc1C1C2=C(CCCC2=O)Nc2ncnn21. The summed E-state index contributed by atoms with van der Waals surface area (Å²) in [5.74, 6) is 1.64. The maximum atomic E-state index is 12.6. The molecule has 1 aliphatic carbocycles. The number of nitrogens with zero attached hydrogens (tertiary/aromatic N) is 3. The van der Waals surface area contributed by atoms with Gasteiger partial charge in [-0.2, -0.15) is 10.1 Å². The minimum atomic E-state index is -0.278. The summed E-state index contributed by atoms with van der Waals surface area (Å²) in [4.78, 5) is 16.9. The molecule has 1 N–H and O–H groups in total.